The minimum Gasteiger partial charge on any atom is -0.246 e. The van der Waals surface area contributed by atoms with E-state index in [4.69, 9.17) is 0 Å². The summed E-state index contributed by atoms with van der Waals surface area (Å²) in [6, 6.07) is 15.0. The number of benzene rings is 2. The van der Waals surface area contributed by atoms with Gasteiger partial charge in [-0.1, -0.05) is 55.3 Å². The fourth-order valence-electron chi connectivity index (χ4n) is 2.60. The second kappa shape index (κ2) is 7.70. The van der Waals surface area contributed by atoms with Crippen LogP contribution in [0.25, 0.3) is 0 Å². The van der Waals surface area contributed by atoms with Crippen LogP contribution in [0, 0.1) is 6.92 Å². The summed E-state index contributed by atoms with van der Waals surface area (Å²) in [5, 5.41) is 4.20. The standard InChI is InChI=1S/C19H22N4O2S/c1-3-4-16-9-11-18(12-10-16)26(24,25)22-19-20-14-23(21-19)13-17-7-5-15(2)6-8-17/h5-12,14H,3-4,13H2,1-2H3,(H,21,22). The van der Waals surface area contributed by atoms with E-state index in [1.165, 1.54) is 11.9 Å². The predicted octanol–water partition coefficient (Wildman–Crippen LogP) is 3.39. The Kier molecular flexibility index (Phi) is 5.37. The predicted molar refractivity (Wildman–Crippen MR) is 102 cm³/mol. The molecule has 0 amide bonds. The maximum Gasteiger partial charge on any atom is 0.264 e. The molecule has 1 aromatic heterocycles. The van der Waals surface area contributed by atoms with Gasteiger partial charge in [0.25, 0.3) is 16.0 Å². The minimum atomic E-state index is -3.70. The van der Waals surface area contributed by atoms with Gasteiger partial charge in [-0.25, -0.2) is 17.8 Å². The number of rotatable bonds is 7. The molecule has 0 saturated carbocycles. The summed E-state index contributed by atoms with van der Waals surface area (Å²) in [5.41, 5.74) is 3.37. The van der Waals surface area contributed by atoms with E-state index in [2.05, 4.69) is 21.7 Å². The van der Waals surface area contributed by atoms with Crippen LogP contribution in [0.3, 0.4) is 0 Å². The largest absolute Gasteiger partial charge is 0.264 e. The molecule has 26 heavy (non-hydrogen) atoms. The Hall–Kier alpha value is -2.67. The maximum absolute atomic E-state index is 12.5. The molecule has 0 aliphatic carbocycles. The third-order valence-corrected chi connectivity index (χ3v) is 5.34. The van der Waals surface area contributed by atoms with Crippen LogP contribution in [0.2, 0.25) is 0 Å². The average Bonchev–Trinajstić information content (AvgIpc) is 3.04. The molecular formula is C19H22N4O2S. The molecule has 0 unspecified atom stereocenters. The van der Waals surface area contributed by atoms with E-state index in [0.717, 1.165) is 24.0 Å². The Morgan fingerprint density at radius 3 is 2.31 bits per heavy atom. The van der Waals surface area contributed by atoms with Crippen molar-refractivity contribution in [1.82, 2.24) is 14.8 Å². The molecule has 2 aromatic carbocycles. The first-order valence-electron chi connectivity index (χ1n) is 8.53. The first kappa shape index (κ1) is 18.1. The van der Waals surface area contributed by atoms with Crippen molar-refractivity contribution in [1.29, 1.82) is 0 Å². The van der Waals surface area contributed by atoms with Gasteiger partial charge in [0.15, 0.2) is 0 Å². The van der Waals surface area contributed by atoms with Gasteiger partial charge >= 0.3 is 0 Å². The van der Waals surface area contributed by atoms with Gasteiger partial charge in [-0.3, -0.25) is 0 Å². The molecule has 0 saturated heterocycles. The van der Waals surface area contributed by atoms with Gasteiger partial charge in [0.2, 0.25) is 0 Å². The van der Waals surface area contributed by atoms with Crippen molar-refractivity contribution in [2.75, 3.05) is 4.72 Å². The molecule has 0 fully saturated rings. The number of anilines is 1. The van der Waals surface area contributed by atoms with Crippen LogP contribution in [0.4, 0.5) is 5.95 Å². The summed E-state index contributed by atoms with van der Waals surface area (Å²) in [4.78, 5) is 4.25. The quantitative estimate of drug-likeness (QED) is 0.692. The van der Waals surface area contributed by atoms with Crippen molar-refractivity contribution in [2.45, 2.75) is 38.1 Å². The van der Waals surface area contributed by atoms with E-state index in [-0.39, 0.29) is 10.8 Å². The molecule has 1 N–H and O–H groups in total. The summed E-state index contributed by atoms with van der Waals surface area (Å²) in [6.07, 6.45) is 3.47. The number of hydrogen-bond acceptors (Lipinski definition) is 4. The number of nitrogens with zero attached hydrogens (tertiary/aromatic N) is 3. The number of aromatic nitrogens is 3. The first-order valence-corrected chi connectivity index (χ1v) is 10.0. The van der Waals surface area contributed by atoms with E-state index in [1.807, 2.05) is 43.3 Å². The zero-order valence-electron chi connectivity index (χ0n) is 14.9. The third-order valence-electron chi connectivity index (χ3n) is 4.00. The van der Waals surface area contributed by atoms with E-state index >= 15 is 0 Å². The van der Waals surface area contributed by atoms with Crippen LogP contribution in [0.5, 0.6) is 0 Å². The van der Waals surface area contributed by atoms with E-state index < -0.39 is 10.0 Å². The van der Waals surface area contributed by atoms with E-state index in [0.29, 0.717) is 6.54 Å². The Bertz CT molecular complexity index is 962. The van der Waals surface area contributed by atoms with Crippen molar-refractivity contribution in [3.8, 4) is 0 Å². The van der Waals surface area contributed by atoms with Gasteiger partial charge in [0.1, 0.15) is 6.33 Å². The lowest BCUT2D eigenvalue weighted by molar-refractivity contribution is 0.600. The van der Waals surface area contributed by atoms with Crippen molar-refractivity contribution >= 4 is 16.0 Å². The lowest BCUT2D eigenvalue weighted by Gasteiger charge is -2.06. The third kappa shape index (κ3) is 4.49. The van der Waals surface area contributed by atoms with Crippen LogP contribution >= 0.6 is 0 Å². The fourth-order valence-corrected chi connectivity index (χ4v) is 3.55. The molecule has 3 aromatic rings. The smallest absolute Gasteiger partial charge is 0.246 e. The van der Waals surface area contributed by atoms with Crippen LogP contribution < -0.4 is 4.72 Å². The molecule has 0 radical (unpaired) electrons. The summed E-state index contributed by atoms with van der Waals surface area (Å²) < 4.78 is 29.0. The minimum absolute atomic E-state index is 0.0646. The molecule has 136 valence electrons. The van der Waals surface area contributed by atoms with E-state index in [9.17, 15) is 8.42 Å². The van der Waals surface area contributed by atoms with Crippen molar-refractivity contribution in [3.05, 3.63) is 71.5 Å². The summed E-state index contributed by atoms with van der Waals surface area (Å²) in [6.45, 7) is 4.65. The second-order valence-corrected chi connectivity index (χ2v) is 7.93. The summed E-state index contributed by atoms with van der Waals surface area (Å²) in [5.74, 6) is 0.0646. The monoisotopic (exact) mass is 370 g/mol. The highest BCUT2D eigenvalue weighted by Gasteiger charge is 2.16. The highest BCUT2D eigenvalue weighted by molar-refractivity contribution is 7.92. The Labute approximate surface area is 154 Å². The zero-order valence-corrected chi connectivity index (χ0v) is 15.7. The highest BCUT2D eigenvalue weighted by Crippen LogP contribution is 2.15. The summed E-state index contributed by atoms with van der Waals surface area (Å²) >= 11 is 0. The summed E-state index contributed by atoms with van der Waals surface area (Å²) in [7, 11) is -3.70. The number of nitrogens with one attached hydrogen (secondary N) is 1. The second-order valence-electron chi connectivity index (χ2n) is 6.25. The highest BCUT2D eigenvalue weighted by atomic mass is 32.2. The van der Waals surface area contributed by atoms with Gasteiger partial charge < -0.3 is 0 Å². The Morgan fingerprint density at radius 2 is 1.65 bits per heavy atom. The molecule has 6 nitrogen and oxygen atoms in total. The fraction of sp³-hybridized carbons (Fsp3) is 0.263. The van der Waals surface area contributed by atoms with Crippen LogP contribution in [0.15, 0.2) is 59.8 Å². The van der Waals surface area contributed by atoms with Crippen molar-refractivity contribution < 1.29 is 8.42 Å². The van der Waals surface area contributed by atoms with Gasteiger partial charge in [0.05, 0.1) is 11.4 Å². The molecular weight excluding hydrogens is 348 g/mol. The van der Waals surface area contributed by atoms with Gasteiger partial charge in [-0.15, -0.1) is 5.10 Å². The van der Waals surface area contributed by atoms with Gasteiger partial charge in [-0.2, -0.15) is 4.98 Å². The number of sulfonamides is 1. The Morgan fingerprint density at radius 1 is 1.00 bits per heavy atom. The van der Waals surface area contributed by atoms with E-state index in [1.54, 1.807) is 16.8 Å². The SMILES string of the molecule is CCCc1ccc(S(=O)(=O)Nc2ncn(Cc3ccc(C)cc3)n2)cc1. The molecule has 7 heteroatoms. The van der Waals surface area contributed by atoms with Crippen LogP contribution in [0.1, 0.15) is 30.0 Å². The van der Waals surface area contributed by atoms with Crippen LogP contribution in [-0.2, 0) is 23.0 Å². The van der Waals surface area contributed by atoms with Gasteiger partial charge in [-0.05, 0) is 36.6 Å². The van der Waals surface area contributed by atoms with Gasteiger partial charge in [0, 0.05) is 0 Å². The molecule has 0 atom stereocenters. The molecule has 0 spiro atoms. The lowest BCUT2D eigenvalue weighted by atomic mass is 10.1. The number of hydrogen-bond donors (Lipinski definition) is 1. The van der Waals surface area contributed by atoms with Crippen molar-refractivity contribution in [3.63, 3.8) is 0 Å². The molecule has 1 heterocycles. The zero-order chi connectivity index (χ0) is 18.6. The normalized spacial score (nSPS) is 11.5. The molecule has 0 aliphatic heterocycles. The first-order chi connectivity index (χ1) is 12.5. The van der Waals surface area contributed by atoms with Crippen molar-refractivity contribution in [2.24, 2.45) is 0 Å². The topological polar surface area (TPSA) is 76.9 Å². The molecule has 0 bridgehead atoms. The van der Waals surface area contributed by atoms with Crippen LogP contribution in [-0.4, -0.2) is 23.2 Å². The Balaban J connectivity index is 1.70. The molecule has 3 rings (SSSR count). The average molecular weight is 370 g/mol. The lowest BCUT2D eigenvalue weighted by Crippen LogP contribution is -2.14. The number of aryl methyl sites for hydroxylation is 2. The maximum atomic E-state index is 12.5. The molecule has 0 aliphatic rings.